The number of imidazole rings is 1. The third kappa shape index (κ3) is 3.13. The van der Waals surface area contributed by atoms with Gasteiger partial charge in [-0.15, -0.1) is 0 Å². The Hall–Kier alpha value is -2.57. The molecule has 0 radical (unpaired) electrons. The molecule has 26 heavy (non-hydrogen) atoms. The molecule has 1 fully saturated rings. The van der Waals surface area contributed by atoms with Crippen LogP contribution in [0.1, 0.15) is 5.69 Å². The highest BCUT2D eigenvalue weighted by atomic mass is 16.5. The number of nitrogens with two attached hydrogens (primary N) is 1. The van der Waals surface area contributed by atoms with Crippen LogP contribution in [0.3, 0.4) is 0 Å². The summed E-state index contributed by atoms with van der Waals surface area (Å²) < 4.78 is 7.70. The lowest BCUT2D eigenvalue weighted by Crippen LogP contribution is -2.44. The van der Waals surface area contributed by atoms with Crippen LogP contribution < -0.4 is 10.5 Å². The van der Waals surface area contributed by atoms with Gasteiger partial charge in [-0.3, -0.25) is 4.90 Å². The van der Waals surface area contributed by atoms with E-state index >= 15 is 0 Å². The summed E-state index contributed by atoms with van der Waals surface area (Å²) in [5.41, 5.74) is 10.8. The molecule has 0 bridgehead atoms. The second kappa shape index (κ2) is 6.97. The van der Waals surface area contributed by atoms with Crippen LogP contribution in [0.4, 0.5) is 5.69 Å². The Labute approximate surface area is 153 Å². The van der Waals surface area contributed by atoms with Gasteiger partial charge in [0.05, 0.1) is 18.5 Å². The molecule has 0 atom stereocenters. The van der Waals surface area contributed by atoms with Crippen molar-refractivity contribution in [3.05, 3.63) is 48.3 Å². The van der Waals surface area contributed by atoms with Gasteiger partial charge in [-0.2, -0.15) is 0 Å². The molecule has 6 heteroatoms. The molecule has 2 N–H and O–H groups in total. The van der Waals surface area contributed by atoms with Crippen molar-refractivity contribution in [2.45, 2.75) is 6.54 Å². The van der Waals surface area contributed by atoms with Crippen molar-refractivity contribution in [3.63, 3.8) is 0 Å². The van der Waals surface area contributed by atoms with E-state index in [0.717, 1.165) is 66.8 Å². The first-order valence-corrected chi connectivity index (χ1v) is 8.96. The molecule has 3 aromatic rings. The summed E-state index contributed by atoms with van der Waals surface area (Å²) in [5, 5.41) is 0. The Morgan fingerprint density at radius 3 is 2.62 bits per heavy atom. The Kier molecular flexibility index (Phi) is 4.53. The lowest BCUT2D eigenvalue weighted by Gasteiger charge is -2.32. The van der Waals surface area contributed by atoms with E-state index in [1.807, 2.05) is 36.5 Å². The predicted octanol–water partition coefficient (Wildman–Crippen LogP) is 2.34. The molecule has 0 aliphatic carbocycles. The second-order valence-corrected chi connectivity index (χ2v) is 6.88. The second-order valence-electron chi connectivity index (χ2n) is 6.88. The van der Waals surface area contributed by atoms with Crippen molar-refractivity contribution < 1.29 is 4.74 Å². The summed E-state index contributed by atoms with van der Waals surface area (Å²) in [5.74, 6) is 0.837. The maximum Gasteiger partial charge on any atom is 0.137 e. The number of anilines is 1. The molecule has 1 aromatic carbocycles. The van der Waals surface area contributed by atoms with Gasteiger partial charge in [-0.05, 0) is 31.3 Å². The lowest BCUT2D eigenvalue weighted by atomic mass is 10.1. The molecule has 0 amide bonds. The van der Waals surface area contributed by atoms with Gasteiger partial charge in [0.25, 0.3) is 0 Å². The van der Waals surface area contributed by atoms with E-state index in [-0.39, 0.29) is 0 Å². The first-order chi connectivity index (χ1) is 12.7. The van der Waals surface area contributed by atoms with E-state index in [4.69, 9.17) is 15.5 Å². The topological polar surface area (TPSA) is 59.0 Å². The molecule has 0 unspecified atom stereocenters. The third-order valence-electron chi connectivity index (χ3n) is 5.07. The summed E-state index contributed by atoms with van der Waals surface area (Å²) >= 11 is 0. The zero-order valence-electron chi connectivity index (χ0n) is 15.4. The molecule has 6 nitrogen and oxygen atoms in total. The minimum atomic E-state index is 0.737. The number of likely N-dealkylation sites (N-methyl/N-ethyl adjacent to an activating group) is 1. The summed E-state index contributed by atoms with van der Waals surface area (Å²) in [6.07, 6.45) is 1.96. The molecule has 3 heterocycles. The number of hydrogen-bond acceptors (Lipinski definition) is 5. The van der Waals surface area contributed by atoms with E-state index < -0.39 is 0 Å². The number of benzene rings is 1. The van der Waals surface area contributed by atoms with Crippen molar-refractivity contribution in [2.75, 3.05) is 46.1 Å². The molecular weight excluding hydrogens is 326 g/mol. The number of pyridine rings is 1. The van der Waals surface area contributed by atoms with E-state index in [0.29, 0.717) is 0 Å². The third-order valence-corrected chi connectivity index (χ3v) is 5.07. The van der Waals surface area contributed by atoms with Gasteiger partial charge in [-0.1, -0.05) is 12.1 Å². The zero-order chi connectivity index (χ0) is 18.1. The quantitative estimate of drug-likeness (QED) is 0.782. The van der Waals surface area contributed by atoms with Crippen LogP contribution in [-0.4, -0.2) is 59.5 Å². The molecular formula is C20H25N5O. The smallest absolute Gasteiger partial charge is 0.137 e. The minimum absolute atomic E-state index is 0.737. The van der Waals surface area contributed by atoms with Gasteiger partial charge >= 0.3 is 0 Å². The Bertz CT molecular complexity index is 912. The summed E-state index contributed by atoms with van der Waals surface area (Å²) in [4.78, 5) is 9.75. The molecule has 0 spiro atoms. The fourth-order valence-corrected chi connectivity index (χ4v) is 3.53. The highest BCUT2D eigenvalue weighted by Gasteiger charge is 2.21. The SMILES string of the molecule is COc1ccccc1-c1nc2ccc(N)cn2c1CN1CCN(C)CC1. The average molecular weight is 351 g/mol. The summed E-state index contributed by atoms with van der Waals surface area (Å²) in [6.45, 7) is 5.12. The number of ether oxygens (including phenoxy) is 1. The van der Waals surface area contributed by atoms with Gasteiger partial charge in [0.2, 0.25) is 0 Å². The summed E-state index contributed by atoms with van der Waals surface area (Å²) in [7, 11) is 3.87. The molecule has 1 saturated heterocycles. The highest BCUT2D eigenvalue weighted by molar-refractivity contribution is 5.72. The standard InChI is InChI=1S/C20H25N5O/c1-23-9-11-24(12-10-23)14-17-20(16-5-3-4-6-18(16)26-2)22-19-8-7-15(21)13-25(17)19/h3-8,13H,9-12,14,21H2,1-2H3. The number of para-hydroxylation sites is 1. The molecule has 4 rings (SSSR count). The number of hydrogen-bond donors (Lipinski definition) is 1. The Morgan fingerprint density at radius 1 is 1.08 bits per heavy atom. The number of nitrogens with zero attached hydrogens (tertiary/aromatic N) is 4. The number of piperazine rings is 1. The normalized spacial score (nSPS) is 16.2. The first kappa shape index (κ1) is 16.9. The van der Waals surface area contributed by atoms with Gasteiger partial charge in [0.1, 0.15) is 11.4 Å². The van der Waals surface area contributed by atoms with Crippen LogP contribution in [0.15, 0.2) is 42.6 Å². The summed E-state index contributed by atoms with van der Waals surface area (Å²) in [6, 6.07) is 11.9. The molecule has 136 valence electrons. The number of aromatic nitrogens is 2. The van der Waals surface area contributed by atoms with Crippen LogP contribution in [0.5, 0.6) is 5.75 Å². The number of methoxy groups -OCH3 is 1. The average Bonchev–Trinajstić information content (AvgIpc) is 3.01. The van der Waals surface area contributed by atoms with Crippen LogP contribution >= 0.6 is 0 Å². The number of fused-ring (bicyclic) bond motifs is 1. The van der Waals surface area contributed by atoms with Crippen LogP contribution in [-0.2, 0) is 6.54 Å². The fourth-order valence-electron chi connectivity index (χ4n) is 3.53. The molecule has 2 aromatic heterocycles. The first-order valence-electron chi connectivity index (χ1n) is 8.96. The largest absolute Gasteiger partial charge is 0.496 e. The van der Waals surface area contributed by atoms with E-state index in [2.05, 4.69) is 27.3 Å². The van der Waals surface area contributed by atoms with Crippen LogP contribution in [0.25, 0.3) is 16.9 Å². The Balaban J connectivity index is 1.81. The molecule has 1 aliphatic rings. The maximum atomic E-state index is 6.05. The van der Waals surface area contributed by atoms with E-state index in [9.17, 15) is 0 Å². The zero-order valence-corrected chi connectivity index (χ0v) is 15.4. The monoisotopic (exact) mass is 351 g/mol. The highest BCUT2D eigenvalue weighted by Crippen LogP contribution is 2.33. The van der Waals surface area contributed by atoms with E-state index in [1.165, 1.54) is 0 Å². The minimum Gasteiger partial charge on any atom is -0.496 e. The van der Waals surface area contributed by atoms with E-state index in [1.54, 1.807) is 7.11 Å². The van der Waals surface area contributed by atoms with Crippen LogP contribution in [0.2, 0.25) is 0 Å². The van der Waals surface area contributed by atoms with Crippen molar-refractivity contribution >= 4 is 11.3 Å². The van der Waals surface area contributed by atoms with Crippen molar-refractivity contribution in [1.82, 2.24) is 19.2 Å². The van der Waals surface area contributed by atoms with Gasteiger partial charge < -0.3 is 19.8 Å². The maximum absolute atomic E-state index is 6.05. The van der Waals surface area contributed by atoms with Gasteiger partial charge in [0, 0.05) is 50.2 Å². The van der Waals surface area contributed by atoms with Crippen molar-refractivity contribution in [1.29, 1.82) is 0 Å². The van der Waals surface area contributed by atoms with Crippen LogP contribution in [0, 0.1) is 0 Å². The number of nitrogen functional groups attached to an aromatic ring is 1. The molecule has 1 aliphatic heterocycles. The van der Waals surface area contributed by atoms with Crippen molar-refractivity contribution in [2.24, 2.45) is 0 Å². The fraction of sp³-hybridized carbons (Fsp3) is 0.350. The lowest BCUT2D eigenvalue weighted by molar-refractivity contribution is 0.147. The van der Waals surface area contributed by atoms with Gasteiger partial charge in [0.15, 0.2) is 0 Å². The Morgan fingerprint density at radius 2 is 1.85 bits per heavy atom. The van der Waals surface area contributed by atoms with Crippen molar-refractivity contribution in [3.8, 4) is 17.0 Å². The number of rotatable bonds is 4. The molecule has 0 saturated carbocycles. The van der Waals surface area contributed by atoms with Gasteiger partial charge in [-0.25, -0.2) is 4.98 Å². The predicted molar refractivity (Wildman–Crippen MR) is 104 cm³/mol.